The zero-order valence-electron chi connectivity index (χ0n) is 18.1. The summed E-state index contributed by atoms with van der Waals surface area (Å²) in [6.07, 6.45) is 1.51. The standard InChI is InChI=1S/C25H20BrClN2O5/c1-32-22-15-16(13-18-24(30)28-29(25(18)31)17-7-3-2-4-8-17)14-19(26)23(22)34-12-11-33-21-10-6-5-9-20(21)27/h2-10,13-15H,11-12H2,1H3,(H,28,30)/b18-13+. The molecule has 0 unspecified atom stereocenters. The number of hydrogen-bond acceptors (Lipinski definition) is 5. The maximum atomic E-state index is 12.8. The first-order valence-electron chi connectivity index (χ1n) is 10.3. The van der Waals surface area contributed by atoms with E-state index in [-0.39, 0.29) is 18.8 Å². The highest BCUT2D eigenvalue weighted by molar-refractivity contribution is 9.10. The SMILES string of the molecule is COc1cc(/C=C2\C(=O)NN(c3ccccc3)C2=O)cc(Br)c1OCCOc1ccccc1Cl. The van der Waals surface area contributed by atoms with E-state index in [4.69, 9.17) is 25.8 Å². The molecule has 1 aliphatic rings. The number of anilines is 1. The molecule has 1 fully saturated rings. The first kappa shape index (κ1) is 23.7. The average molecular weight is 544 g/mol. The Balaban J connectivity index is 1.48. The van der Waals surface area contributed by atoms with Crippen LogP contribution in [0.4, 0.5) is 5.69 Å². The molecule has 4 rings (SSSR count). The molecule has 0 atom stereocenters. The molecule has 0 saturated carbocycles. The lowest BCUT2D eigenvalue weighted by molar-refractivity contribution is -0.117. The molecule has 1 heterocycles. The molecular weight excluding hydrogens is 524 g/mol. The van der Waals surface area contributed by atoms with Gasteiger partial charge in [0, 0.05) is 0 Å². The van der Waals surface area contributed by atoms with E-state index < -0.39 is 11.8 Å². The van der Waals surface area contributed by atoms with Gasteiger partial charge >= 0.3 is 0 Å². The molecule has 0 radical (unpaired) electrons. The number of nitrogens with one attached hydrogen (secondary N) is 1. The number of halogens is 2. The van der Waals surface area contributed by atoms with Crippen LogP contribution >= 0.6 is 27.5 Å². The van der Waals surface area contributed by atoms with Gasteiger partial charge in [-0.3, -0.25) is 15.0 Å². The minimum atomic E-state index is -0.485. The summed E-state index contributed by atoms with van der Waals surface area (Å²) >= 11 is 9.57. The van der Waals surface area contributed by atoms with Gasteiger partial charge in [0.25, 0.3) is 11.8 Å². The molecule has 1 N–H and O–H groups in total. The molecule has 3 aromatic rings. The maximum Gasteiger partial charge on any atom is 0.282 e. The maximum absolute atomic E-state index is 12.8. The van der Waals surface area contributed by atoms with Crippen molar-refractivity contribution in [2.24, 2.45) is 0 Å². The number of rotatable bonds is 8. The fourth-order valence-corrected chi connectivity index (χ4v) is 4.07. The lowest BCUT2D eigenvalue weighted by Crippen LogP contribution is -2.35. The van der Waals surface area contributed by atoms with E-state index in [9.17, 15) is 9.59 Å². The molecule has 9 heteroatoms. The zero-order chi connectivity index (χ0) is 24.1. The topological polar surface area (TPSA) is 77.1 Å². The lowest BCUT2D eigenvalue weighted by Gasteiger charge is -2.14. The van der Waals surface area contributed by atoms with Gasteiger partial charge in [-0.2, -0.15) is 0 Å². The van der Waals surface area contributed by atoms with Crippen LogP contribution in [-0.4, -0.2) is 32.1 Å². The van der Waals surface area contributed by atoms with Gasteiger partial charge in [-0.25, -0.2) is 5.01 Å². The van der Waals surface area contributed by atoms with Crippen LogP contribution in [0, 0.1) is 0 Å². The van der Waals surface area contributed by atoms with E-state index in [1.54, 1.807) is 48.5 Å². The normalized spacial score (nSPS) is 14.3. The van der Waals surface area contributed by atoms with Gasteiger partial charge in [-0.1, -0.05) is 41.9 Å². The van der Waals surface area contributed by atoms with Crippen LogP contribution in [0.15, 0.2) is 76.8 Å². The van der Waals surface area contributed by atoms with Crippen molar-refractivity contribution in [2.75, 3.05) is 25.3 Å². The van der Waals surface area contributed by atoms with E-state index in [1.807, 2.05) is 18.2 Å². The van der Waals surface area contributed by atoms with Gasteiger partial charge in [0.05, 0.1) is 22.3 Å². The summed E-state index contributed by atoms with van der Waals surface area (Å²) < 4.78 is 17.6. The van der Waals surface area contributed by atoms with Crippen molar-refractivity contribution in [3.8, 4) is 17.2 Å². The van der Waals surface area contributed by atoms with Crippen LogP contribution in [0.1, 0.15) is 5.56 Å². The van der Waals surface area contributed by atoms with Crippen molar-refractivity contribution in [2.45, 2.75) is 0 Å². The fraction of sp³-hybridized carbons (Fsp3) is 0.120. The Morgan fingerprint density at radius 2 is 1.68 bits per heavy atom. The van der Waals surface area contributed by atoms with Gasteiger partial charge in [0.1, 0.15) is 24.5 Å². The van der Waals surface area contributed by atoms with Crippen molar-refractivity contribution >= 4 is 51.1 Å². The van der Waals surface area contributed by atoms with E-state index in [0.29, 0.717) is 38.0 Å². The van der Waals surface area contributed by atoms with Gasteiger partial charge in [-0.05, 0) is 64.0 Å². The fourth-order valence-electron chi connectivity index (χ4n) is 3.30. The molecule has 2 amide bonds. The second-order valence-electron chi connectivity index (χ2n) is 7.14. The molecular formula is C25H20BrClN2O5. The van der Waals surface area contributed by atoms with Gasteiger partial charge in [0.2, 0.25) is 0 Å². The highest BCUT2D eigenvalue weighted by atomic mass is 79.9. The Morgan fingerprint density at radius 3 is 2.41 bits per heavy atom. The molecule has 3 aromatic carbocycles. The third-order valence-corrected chi connectivity index (χ3v) is 5.79. The van der Waals surface area contributed by atoms with Crippen molar-refractivity contribution in [1.29, 1.82) is 0 Å². The summed E-state index contributed by atoms with van der Waals surface area (Å²) in [6, 6.07) is 19.5. The minimum absolute atomic E-state index is 0.0135. The number of benzene rings is 3. The Hall–Kier alpha value is -3.49. The molecule has 1 aliphatic heterocycles. The smallest absolute Gasteiger partial charge is 0.282 e. The Bertz CT molecular complexity index is 1250. The Morgan fingerprint density at radius 1 is 0.971 bits per heavy atom. The van der Waals surface area contributed by atoms with Crippen molar-refractivity contribution in [3.05, 3.63) is 87.4 Å². The molecule has 34 heavy (non-hydrogen) atoms. The molecule has 174 valence electrons. The number of nitrogens with zero attached hydrogens (tertiary/aromatic N) is 1. The van der Waals surface area contributed by atoms with E-state index in [1.165, 1.54) is 18.2 Å². The first-order valence-corrected chi connectivity index (χ1v) is 11.4. The predicted octanol–water partition coefficient (Wildman–Crippen LogP) is 5.03. The molecule has 1 saturated heterocycles. The minimum Gasteiger partial charge on any atom is -0.493 e. The number of amides is 2. The number of carbonyl (C=O) groups is 2. The van der Waals surface area contributed by atoms with Gasteiger partial charge in [-0.15, -0.1) is 0 Å². The number of hydrogen-bond donors (Lipinski definition) is 1. The number of carbonyl (C=O) groups excluding carboxylic acids is 2. The van der Waals surface area contributed by atoms with Crippen LogP contribution in [0.5, 0.6) is 17.2 Å². The summed E-state index contributed by atoms with van der Waals surface area (Å²) in [7, 11) is 1.51. The lowest BCUT2D eigenvalue weighted by atomic mass is 10.1. The molecule has 0 bridgehead atoms. The van der Waals surface area contributed by atoms with Crippen LogP contribution in [0.3, 0.4) is 0 Å². The molecule has 0 aromatic heterocycles. The highest BCUT2D eigenvalue weighted by Crippen LogP contribution is 2.37. The second-order valence-corrected chi connectivity index (χ2v) is 8.40. The largest absolute Gasteiger partial charge is 0.493 e. The van der Waals surface area contributed by atoms with E-state index in [2.05, 4.69) is 21.4 Å². The first-order chi connectivity index (χ1) is 16.5. The summed E-state index contributed by atoms with van der Waals surface area (Å²) in [5.41, 5.74) is 3.76. The number of ether oxygens (including phenoxy) is 3. The summed E-state index contributed by atoms with van der Waals surface area (Å²) in [4.78, 5) is 25.3. The zero-order valence-corrected chi connectivity index (χ0v) is 20.4. The monoisotopic (exact) mass is 542 g/mol. The summed E-state index contributed by atoms with van der Waals surface area (Å²) in [5.74, 6) is 0.555. The highest BCUT2D eigenvalue weighted by Gasteiger charge is 2.34. The third-order valence-electron chi connectivity index (χ3n) is 4.89. The van der Waals surface area contributed by atoms with Gasteiger partial charge < -0.3 is 14.2 Å². The molecule has 7 nitrogen and oxygen atoms in total. The van der Waals surface area contributed by atoms with Crippen LogP contribution in [0.2, 0.25) is 5.02 Å². The quantitative estimate of drug-likeness (QED) is 0.245. The predicted molar refractivity (Wildman–Crippen MR) is 133 cm³/mol. The Labute approximate surface area is 210 Å². The molecule has 0 spiro atoms. The van der Waals surface area contributed by atoms with E-state index in [0.717, 1.165) is 0 Å². The van der Waals surface area contributed by atoms with Crippen LogP contribution < -0.4 is 24.6 Å². The van der Waals surface area contributed by atoms with Crippen LogP contribution in [0.25, 0.3) is 6.08 Å². The summed E-state index contributed by atoms with van der Waals surface area (Å²) in [6.45, 7) is 0.517. The average Bonchev–Trinajstić information content (AvgIpc) is 3.12. The number of methoxy groups -OCH3 is 1. The second kappa shape index (κ2) is 10.6. The third kappa shape index (κ3) is 5.18. The molecule has 0 aliphatic carbocycles. The van der Waals surface area contributed by atoms with E-state index >= 15 is 0 Å². The Kier molecular flexibility index (Phi) is 7.40. The number of hydrazine groups is 1. The number of para-hydroxylation sites is 2. The summed E-state index contributed by atoms with van der Waals surface area (Å²) in [5, 5.41) is 1.74. The van der Waals surface area contributed by atoms with Crippen molar-refractivity contribution in [3.63, 3.8) is 0 Å². The van der Waals surface area contributed by atoms with Crippen molar-refractivity contribution in [1.82, 2.24) is 5.43 Å². The van der Waals surface area contributed by atoms with Crippen molar-refractivity contribution < 1.29 is 23.8 Å². The van der Waals surface area contributed by atoms with Gasteiger partial charge in [0.15, 0.2) is 11.5 Å². The van der Waals surface area contributed by atoms with Crippen LogP contribution in [-0.2, 0) is 9.59 Å².